The second-order valence-corrected chi connectivity index (χ2v) is 15.5. The molecule has 0 aliphatic carbocycles. The number of nitrogens with zero attached hydrogens (tertiary/aromatic N) is 4. The zero-order valence-corrected chi connectivity index (χ0v) is 31.9. The van der Waals surface area contributed by atoms with Crippen LogP contribution in [0.1, 0.15) is 0 Å². The number of aromatic nitrogens is 4. The Morgan fingerprint density at radius 2 is 0.746 bits per heavy atom. The molecule has 0 unspecified atom stereocenters. The van der Waals surface area contributed by atoms with E-state index in [0.717, 1.165) is 44.9 Å². The van der Waals surface area contributed by atoms with E-state index in [1.807, 2.05) is 0 Å². The van der Waals surface area contributed by atoms with Crippen LogP contribution in [-0.2, 0) is 0 Å². The van der Waals surface area contributed by atoms with E-state index < -0.39 is 0 Å². The maximum absolute atomic E-state index is 5.46. The summed E-state index contributed by atoms with van der Waals surface area (Å²) < 4.78 is 7.31. The second kappa shape index (κ2) is 12.3. The van der Waals surface area contributed by atoms with Gasteiger partial charge in [-0.2, -0.15) is 0 Å². The minimum Gasteiger partial charge on any atom is -0.307 e. The van der Waals surface area contributed by atoms with Gasteiger partial charge in [0.2, 0.25) is 0 Å². The minimum atomic E-state index is 0.924. The number of hydrogen-bond donors (Lipinski definition) is 0. The molecule has 4 heteroatoms. The predicted molar refractivity (Wildman–Crippen MR) is 248 cm³/mol. The van der Waals surface area contributed by atoms with E-state index >= 15 is 0 Å². The Balaban J connectivity index is 1.10. The fourth-order valence-corrected chi connectivity index (χ4v) is 9.84. The normalized spacial score (nSPS) is 12.1. The maximum atomic E-state index is 5.46. The highest BCUT2D eigenvalue weighted by molar-refractivity contribution is 6.25. The number of fused-ring (bicyclic) bond motifs is 14. The fourth-order valence-electron chi connectivity index (χ4n) is 9.84. The van der Waals surface area contributed by atoms with Crippen molar-refractivity contribution in [1.29, 1.82) is 0 Å². The van der Waals surface area contributed by atoms with Gasteiger partial charge in [-0.25, -0.2) is 4.98 Å². The standard InChI is InChI=1S/C55H34N4/c1-2-15-36(16-3-1)55-56-51-45-22-8-6-18-41(45)42-19-7-9-23-46(42)52(51)59(55)39-30-28-38(29-31-39)57-49-24-12-10-20-43(49)47-32-33-48-44-21-11-13-25-50(44)58(54(48)53(47)57)40-27-26-35-14-4-5-17-37(35)34-40/h1-34H. The Bertz CT molecular complexity index is 3830. The molecule has 59 heavy (non-hydrogen) atoms. The molecule has 10 aromatic carbocycles. The third-order valence-electron chi connectivity index (χ3n) is 12.4. The van der Waals surface area contributed by atoms with Crippen LogP contribution in [0.15, 0.2) is 206 Å². The third-order valence-corrected chi connectivity index (χ3v) is 12.4. The van der Waals surface area contributed by atoms with Gasteiger partial charge in [-0.3, -0.25) is 4.57 Å². The van der Waals surface area contributed by atoms with Crippen LogP contribution in [0.5, 0.6) is 0 Å². The van der Waals surface area contributed by atoms with Crippen molar-refractivity contribution in [3.63, 3.8) is 0 Å². The molecule has 0 aliphatic rings. The molecule has 0 saturated carbocycles. The van der Waals surface area contributed by atoms with Crippen LogP contribution in [0.25, 0.3) is 115 Å². The Morgan fingerprint density at radius 1 is 0.288 bits per heavy atom. The molecule has 3 aromatic heterocycles. The highest BCUT2D eigenvalue weighted by Crippen LogP contribution is 2.43. The van der Waals surface area contributed by atoms with Gasteiger partial charge in [0.25, 0.3) is 0 Å². The zero-order chi connectivity index (χ0) is 38.6. The number of para-hydroxylation sites is 2. The molecule has 13 aromatic rings. The lowest BCUT2D eigenvalue weighted by Gasteiger charge is -2.15. The summed E-state index contributed by atoms with van der Waals surface area (Å²) in [7, 11) is 0. The average Bonchev–Trinajstić information content (AvgIpc) is 3.98. The SMILES string of the molecule is c1ccc(-c2nc3c4ccccc4c4ccccc4c3n2-c2ccc(-n3c4ccccc4c4ccc5c6ccccc6n(-c6ccc7ccccc7c6)c5c43)cc2)cc1. The summed E-state index contributed by atoms with van der Waals surface area (Å²) in [6.07, 6.45) is 0. The van der Waals surface area contributed by atoms with Crippen molar-refractivity contribution in [1.82, 2.24) is 18.7 Å². The van der Waals surface area contributed by atoms with Crippen molar-refractivity contribution < 1.29 is 0 Å². The molecule has 0 fully saturated rings. The summed E-state index contributed by atoms with van der Waals surface area (Å²) in [4.78, 5) is 5.46. The van der Waals surface area contributed by atoms with Crippen molar-refractivity contribution >= 4 is 87.0 Å². The largest absolute Gasteiger partial charge is 0.307 e. The highest BCUT2D eigenvalue weighted by atomic mass is 15.1. The Hall–Kier alpha value is -7.95. The van der Waals surface area contributed by atoms with E-state index in [-0.39, 0.29) is 0 Å². The summed E-state index contributed by atoms with van der Waals surface area (Å²) in [6.45, 7) is 0. The summed E-state index contributed by atoms with van der Waals surface area (Å²) in [5, 5.41) is 12.2. The lowest BCUT2D eigenvalue weighted by Crippen LogP contribution is -2.01. The predicted octanol–water partition coefficient (Wildman–Crippen LogP) is 14.3. The van der Waals surface area contributed by atoms with Gasteiger partial charge in [0, 0.05) is 54.9 Å². The fraction of sp³-hybridized carbons (Fsp3) is 0. The molecule has 0 atom stereocenters. The van der Waals surface area contributed by atoms with Crippen LogP contribution < -0.4 is 0 Å². The molecule has 0 spiro atoms. The molecule has 0 amide bonds. The quantitative estimate of drug-likeness (QED) is 0.165. The van der Waals surface area contributed by atoms with Crippen molar-refractivity contribution in [2.24, 2.45) is 0 Å². The highest BCUT2D eigenvalue weighted by Gasteiger charge is 2.23. The first-order valence-electron chi connectivity index (χ1n) is 20.2. The van der Waals surface area contributed by atoms with Gasteiger partial charge in [-0.1, -0.05) is 158 Å². The number of benzene rings is 10. The first-order chi connectivity index (χ1) is 29.3. The van der Waals surface area contributed by atoms with Gasteiger partial charge in [0.15, 0.2) is 0 Å². The van der Waals surface area contributed by atoms with Gasteiger partial charge >= 0.3 is 0 Å². The van der Waals surface area contributed by atoms with Crippen LogP contribution in [0, 0.1) is 0 Å². The van der Waals surface area contributed by atoms with Crippen LogP contribution in [0.3, 0.4) is 0 Å². The smallest absolute Gasteiger partial charge is 0.145 e. The van der Waals surface area contributed by atoms with Gasteiger partial charge in [0.1, 0.15) is 5.82 Å². The minimum absolute atomic E-state index is 0.924. The van der Waals surface area contributed by atoms with Gasteiger partial charge < -0.3 is 9.13 Å². The van der Waals surface area contributed by atoms with E-state index in [1.165, 1.54) is 70.5 Å². The van der Waals surface area contributed by atoms with Crippen LogP contribution in [-0.4, -0.2) is 18.7 Å². The summed E-state index contributed by atoms with van der Waals surface area (Å²) in [6, 6.07) is 74.9. The molecule has 0 N–H and O–H groups in total. The monoisotopic (exact) mass is 750 g/mol. The van der Waals surface area contributed by atoms with Crippen LogP contribution in [0.2, 0.25) is 0 Å². The Labute approximate surface area is 339 Å². The van der Waals surface area contributed by atoms with Gasteiger partial charge in [-0.05, 0) is 70.1 Å². The second-order valence-electron chi connectivity index (χ2n) is 15.5. The van der Waals surface area contributed by atoms with E-state index in [2.05, 4.69) is 220 Å². The van der Waals surface area contributed by atoms with E-state index in [4.69, 9.17) is 4.98 Å². The lowest BCUT2D eigenvalue weighted by atomic mass is 10.00. The summed E-state index contributed by atoms with van der Waals surface area (Å²) in [5.41, 5.74) is 11.3. The van der Waals surface area contributed by atoms with Crippen molar-refractivity contribution in [3.8, 4) is 28.5 Å². The van der Waals surface area contributed by atoms with Gasteiger partial charge in [0.05, 0.1) is 33.1 Å². The Kier molecular flexibility index (Phi) is 6.69. The molecule has 0 saturated heterocycles. The number of imidazole rings is 1. The van der Waals surface area contributed by atoms with Crippen molar-refractivity contribution in [3.05, 3.63) is 206 Å². The number of rotatable bonds is 4. The molecule has 0 aliphatic heterocycles. The zero-order valence-electron chi connectivity index (χ0n) is 31.9. The van der Waals surface area contributed by atoms with Crippen LogP contribution >= 0.6 is 0 Å². The summed E-state index contributed by atoms with van der Waals surface area (Å²) in [5.74, 6) is 0.924. The molecule has 13 rings (SSSR count). The molecule has 274 valence electrons. The van der Waals surface area contributed by atoms with Crippen LogP contribution in [0.4, 0.5) is 0 Å². The van der Waals surface area contributed by atoms with E-state index in [9.17, 15) is 0 Å². The molecule has 0 radical (unpaired) electrons. The van der Waals surface area contributed by atoms with E-state index in [0.29, 0.717) is 0 Å². The maximum Gasteiger partial charge on any atom is 0.145 e. The molecule has 3 heterocycles. The molecular formula is C55H34N4. The van der Waals surface area contributed by atoms with Gasteiger partial charge in [-0.15, -0.1) is 0 Å². The van der Waals surface area contributed by atoms with Crippen molar-refractivity contribution in [2.75, 3.05) is 0 Å². The Morgan fingerprint density at radius 3 is 1.41 bits per heavy atom. The average molecular weight is 751 g/mol. The summed E-state index contributed by atoms with van der Waals surface area (Å²) >= 11 is 0. The van der Waals surface area contributed by atoms with E-state index in [1.54, 1.807) is 0 Å². The third kappa shape index (κ3) is 4.57. The lowest BCUT2D eigenvalue weighted by molar-refractivity contribution is 1.09. The number of hydrogen-bond acceptors (Lipinski definition) is 1. The molecular weight excluding hydrogens is 717 g/mol. The van der Waals surface area contributed by atoms with Crippen molar-refractivity contribution in [2.45, 2.75) is 0 Å². The molecule has 0 bridgehead atoms. The topological polar surface area (TPSA) is 27.7 Å². The first-order valence-corrected chi connectivity index (χ1v) is 20.2. The molecule has 4 nitrogen and oxygen atoms in total. The first kappa shape index (κ1) is 32.2.